The van der Waals surface area contributed by atoms with Gasteiger partial charge < -0.3 is 9.64 Å². The molecule has 2 aromatic rings. The summed E-state index contributed by atoms with van der Waals surface area (Å²) in [7, 11) is -0.779. The van der Waals surface area contributed by atoms with E-state index in [0.29, 0.717) is 0 Å². The second kappa shape index (κ2) is 7.89. The Balaban J connectivity index is 1.88. The van der Waals surface area contributed by atoms with Gasteiger partial charge in [0.15, 0.2) is 0 Å². The summed E-state index contributed by atoms with van der Waals surface area (Å²) < 4.78 is 46.2. The van der Waals surface area contributed by atoms with Crippen LogP contribution in [0.15, 0.2) is 47.4 Å². The van der Waals surface area contributed by atoms with E-state index in [9.17, 15) is 17.6 Å². The van der Waals surface area contributed by atoms with Crippen LogP contribution in [0.4, 0.5) is 4.39 Å². The van der Waals surface area contributed by atoms with E-state index in [2.05, 4.69) is 4.72 Å². The average molecular weight is 406 g/mol. The fourth-order valence-electron chi connectivity index (χ4n) is 2.85. The summed E-state index contributed by atoms with van der Waals surface area (Å²) in [5, 5.41) is 0. The predicted octanol–water partition coefficient (Wildman–Crippen LogP) is 3.11. The molecule has 1 amide bonds. The lowest BCUT2D eigenvalue weighted by Crippen LogP contribution is -2.30. The summed E-state index contributed by atoms with van der Waals surface area (Å²) in [4.78, 5) is 14.4. The quantitative estimate of drug-likeness (QED) is 0.767. The van der Waals surface area contributed by atoms with Crippen LogP contribution in [0, 0.1) is 5.82 Å². The van der Waals surface area contributed by atoms with Crippen molar-refractivity contribution >= 4 is 15.9 Å². The second-order valence-corrected chi connectivity index (χ2v) is 8.59. The van der Waals surface area contributed by atoms with Crippen molar-refractivity contribution in [1.82, 2.24) is 9.62 Å². The third-order valence-corrected chi connectivity index (χ3v) is 6.39. The summed E-state index contributed by atoms with van der Waals surface area (Å²) in [5.74, 6) is -0.514. The van der Waals surface area contributed by atoms with Crippen LogP contribution >= 0.6 is 0 Å². The molecule has 28 heavy (non-hydrogen) atoms. The molecule has 0 radical (unpaired) electrons. The molecule has 150 valence electrons. The lowest BCUT2D eigenvalue weighted by atomic mass is 10.1. The number of amides is 1. The van der Waals surface area contributed by atoms with Gasteiger partial charge in [-0.2, -0.15) is 0 Å². The third kappa shape index (κ3) is 4.34. The highest BCUT2D eigenvalue weighted by Gasteiger charge is 2.31. The number of rotatable bonds is 7. The minimum atomic E-state index is -3.79. The molecule has 0 bridgehead atoms. The van der Waals surface area contributed by atoms with Crippen molar-refractivity contribution < 1.29 is 22.3 Å². The van der Waals surface area contributed by atoms with Crippen molar-refractivity contribution in [1.29, 1.82) is 0 Å². The molecule has 1 N–H and O–H groups in total. The largest absolute Gasteiger partial charge is 0.495 e. The van der Waals surface area contributed by atoms with Crippen LogP contribution in [0.25, 0.3) is 0 Å². The Hall–Kier alpha value is -2.45. The van der Waals surface area contributed by atoms with Gasteiger partial charge in [-0.3, -0.25) is 4.79 Å². The van der Waals surface area contributed by atoms with E-state index in [0.717, 1.165) is 18.4 Å². The van der Waals surface area contributed by atoms with Gasteiger partial charge in [0.25, 0.3) is 5.91 Å². The van der Waals surface area contributed by atoms with Crippen molar-refractivity contribution in [3.8, 4) is 5.75 Å². The van der Waals surface area contributed by atoms with Crippen molar-refractivity contribution in [2.75, 3.05) is 14.2 Å². The van der Waals surface area contributed by atoms with E-state index in [1.165, 1.54) is 42.3 Å². The maximum Gasteiger partial charge on any atom is 0.254 e. The number of benzene rings is 2. The first-order valence-electron chi connectivity index (χ1n) is 8.96. The summed E-state index contributed by atoms with van der Waals surface area (Å²) in [5.41, 5.74) is 1.00. The summed E-state index contributed by atoms with van der Waals surface area (Å²) >= 11 is 0. The fourth-order valence-corrected chi connectivity index (χ4v) is 4.35. The number of nitrogens with zero attached hydrogens (tertiary/aromatic N) is 1. The smallest absolute Gasteiger partial charge is 0.254 e. The lowest BCUT2D eigenvalue weighted by Gasteiger charge is -2.26. The maximum absolute atomic E-state index is 13.1. The topological polar surface area (TPSA) is 75.7 Å². The van der Waals surface area contributed by atoms with E-state index in [1.807, 2.05) is 6.92 Å². The van der Waals surface area contributed by atoms with E-state index < -0.39 is 10.0 Å². The molecule has 6 nitrogen and oxygen atoms in total. The van der Waals surface area contributed by atoms with Gasteiger partial charge in [-0.05, 0) is 55.7 Å². The monoisotopic (exact) mass is 406 g/mol. The maximum atomic E-state index is 13.1. The Morgan fingerprint density at radius 2 is 1.86 bits per heavy atom. The standard InChI is InChI=1S/C20H23FN2O4S/c1-13(14-4-7-16(21)8-5-14)23(2)20(24)15-6-11-18(27-3)19(12-15)28(25,26)22-17-9-10-17/h4-8,11-13,17,22H,9-10H2,1-3H3/t13-/m1/s1. The van der Waals surface area contributed by atoms with Gasteiger partial charge in [0.1, 0.15) is 16.5 Å². The van der Waals surface area contributed by atoms with E-state index in [4.69, 9.17) is 4.74 Å². The van der Waals surface area contributed by atoms with E-state index in [-0.39, 0.29) is 40.0 Å². The van der Waals surface area contributed by atoms with Gasteiger partial charge >= 0.3 is 0 Å². The summed E-state index contributed by atoms with van der Waals surface area (Å²) in [6, 6.07) is 9.88. The molecule has 0 unspecified atom stereocenters. The zero-order chi connectivity index (χ0) is 20.5. The lowest BCUT2D eigenvalue weighted by molar-refractivity contribution is 0.0742. The molecular weight excluding hydrogens is 383 g/mol. The normalized spacial score (nSPS) is 15.1. The van der Waals surface area contributed by atoms with Crippen molar-refractivity contribution in [2.45, 2.75) is 36.7 Å². The molecule has 1 aliphatic rings. The minimum Gasteiger partial charge on any atom is -0.495 e. The van der Waals surface area contributed by atoms with E-state index in [1.54, 1.807) is 19.2 Å². The Kier molecular flexibility index (Phi) is 5.71. The molecule has 1 atom stereocenters. The molecule has 0 aliphatic heterocycles. The van der Waals surface area contributed by atoms with Gasteiger partial charge in [0, 0.05) is 18.7 Å². The SMILES string of the molecule is COc1ccc(C(=O)N(C)[C@H](C)c2ccc(F)cc2)cc1S(=O)(=O)NC1CC1. The first kappa shape index (κ1) is 20.3. The first-order valence-corrected chi connectivity index (χ1v) is 10.4. The van der Waals surface area contributed by atoms with Crippen LogP contribution in [-0.2, 0) is 10.0 Å². The molecule has 8 heteroatoms. The van der Waals surface area contributed by atoms with Crippen LogP contribution < -0.4 is 9.46 Å². The number of hydrogen-bond acceptors (Lipinski definition) is 4. The van der Waals surface area contributed by atoms with Crippen LogP contribution in [0.2, 0.25) is 0 Å². The number of carbonyl (C=O) groups excluding carboxylic acids is 1. The molecule has 0 heterocycles. The van der Waals surface area contributed by atoms with Crippen LogP contribution in [0.5, 0.6) is 5.75 Å². The highest BCUT2D eigenvalue weighted by atomic mass is 32.2. The molecule has 1 fully saturated rings. The molecule has 0 aromatic heterocycles. The minimum absolute atomic E-state index is 0.0596. The zero-order valence-electron chi connectivity index (χ0n) is 16.0. The Labute approximate surface area is 164 Å². The fraction of sp³-hybridized carbons (Fsp3) is 0.350. The first-order chi connectivity index (χ1) is 13.2. The molecule has 2 aromatic carbocycles. The predicted molar refractivity (Wildman–Crippen MR) is 103 cm³/mol. The van der Waals surface area contributed by atoms with Gasteiger partial charge in [-0.15, -0.1) is 0 Å². The van der Waals surface area contributed by atoms with Gasteiger partial charge in [-0.1, -0.05) is 12.1 Å². The number of carbonyl (C=O) groups is 1. The van der Waals surface area contributed by atoms with Gasteiger partial charge in [0.05, 0.1) is 13.2 Å². The molecule has 0 saturated heterocycles. The van der Waals surface area contributed by atoms with Crippen LogP contribution in [0.1, 0.15) is 41.7 Å². The molecule has 3 rings (SSSR count). The van der Waals surface area contributed by atoms with Gasteiger partial charge in [-0.25, -0.2) is 17.5 Å². The molecule has 1 saturated carbocycles. The zero-order valence-corrected chi connectivity index (χ0v) is 16.8. The van der Waals surface area contributed by atoms with Crippen molar-refractivity contribution in [3.63, 3.8) is 0 Å². The Bertz CT molecular complexity index is 972. The highest BCUT2D eigenvalue weighted by Crippen LogP contribution is 2.29. The number of hydrogen-bond donors (Lipinski definition) is 1. The highest BCUT2D eigenvalue weighted by molar-refractivity contribution is 7.89. The number of nitrogens with one attached hydrogen (secondary N) is 1. The molecule has 1 aliphatic carbocycles. The van der Waals surface area contributed by atoms with Crippen molar-refractivity contribution in [2.24, 2.45) is 0 Å². The molecule has 0 spiro atoms. The number of sulfonamides is 1. The number of methoxy groups -OCH3 is 1. The van der Waals surface area contributed by atoms with E-state index >= 15 is 0 Å². The van der Waals surface area contributed by atoms with Gasteiger partial charge in [0.2, 0.25) is 10.0 Å². The van der Waals surface area contributed by atoms with Crippen LogP contribution in [0.3, 0.4) is 0 Å². The van der Waals surface area contributed by atoms with Crippen LogP contribution in [-0.4, -0.2) is 39.4 Å². The Morgan fingerprint density at radius 3 is 2.43 bits per heavy atom. The number of halogens is 1. The molecular formula is C20H23FN2O4S. The second-order valence-electron chi connectivity index (χ2n) is 6.90. The number of ether oxygens (including phenoxy) is 1. The third-order valence-electron chi connectivity index (χ3n) is 4.85. The summed E-state index contributed by atoms with van der Waals surface area (Å²) in [6.07, 6.45) is 1.61. The Morgan fingerprint density at radius 1 is 1.21 bits per heavy atom. The summed E-state index contributed by atoms with van der Waals surface area (Å²) in [6.45, 7) is 1.82. The van der Waals surface area contributed by atoms with Crippen molar-refractivity contribution in [3.05, 3.63) is 59.4 Å². The average Bonchev–Trinajstić information content (AvgIpc) is 3.49.